The van der Waals surface area contributed by atoms with E-state index in [0.717, 1.165) is 18.0 Å². The van der Waals surface area contributed by atoms with Crippen LogP contribution in [0.2, 0.25) is 0 Å². The van der Waals surface area contributed by atoms with Gasteiger partial charge in [0.25, 0.3) is 0 Å². The summed E-state index contributed by atoms with van der Waals surface area (Å²) in [5.74, 6) is 1.82. The number of nitrogens with zero attached hydrogens (tertiary/aromatic N) is 1. The first-order valence-electron chi connectivity index (χ1n) is 7.94. The van der Waals surface area contributed by atoms with Crippen molar-refractivity contribution in [1.29, 1.82) is 0 Å². The zero-order valence-corrected chi connectivity index (χ0v) is 12.5. The van der Waals surface area contributed by atoms with Crippen molar-refractivity contribution in [1.82, 2.24) is 4.90 Å². The van der Waals surface area contributed by atoms with E-state index in [0.29, 0.717) is 0 Å². The lowest BCUT2D eigenvalue weighted by atomic mass is 10.2. The SMILES string of the molecule is c1ccc(Oc2cccc(CN3CCCCCC3)c2)cc1. The van der Waals surface area contributed by atoms with Gasteiger partial charge >= 0.3 is 0 Å². The van der Waals surface area contributed by atoms with Gasteiger partial charge in [-0.1, -0.05) is 43.2 Å². The van der Waals surface area contributed by atoms with E-state index in [-0.39, 0.29) is 0 Å². The van der Waals surface area contributed by atoms with Gasteiger partial charge < -0.3 is 4.74 Å². The molecule has 0 bridgehead atoms. The first-order chi connectivity index (χ1) is 10.4. The van der Waals surface area contributed by atoms with Gasteiger partial charge in [0.05, 0.1) is 0 Å². The Labute approximate surface area is 127 Å². The quantitative estimate of drug-likeness (QED) is 0.794. The average molecular weight is 281 g/mol. The molecule has 2 nitrogen and oxygen atoms in total. The molecule has 110 valence electrons. The summed E-state index contributed by atoms with van der Waals surface area (Å²) in [7, 11) is 0. The van der Waals surface area contributed by atoms with Crippen molar-refractivity contribution in [2.45, 2.75) is 32.2 Å². The first-order valence-corrected chi connectivity index (χ1v) is 7.94. The molecular weight excluding hydrogens is 258 g/mol. The molecule has 0 spiro atoms. The van der Waals surface area contributed by atoms with E-state index in [2.05, 4.69) is 23.1 Å². The van der Waals surface area contributed by atoms with E-state index in [1.807, 2.05) is 36.4 Å². The molecule has 0 atom stereocenters. The van der Waals surface area contributed by atoms with Crippen molar-refractivity contribution in [2.24, 2.45) is 0 Å². The number of para-hydroxylation sites is 1. The van der Waals surface area contributed by atoms with E-state index in [1.165, 1.54) is 44.3 Å². The highest BCUT2D eigenvalue weighted by molar-refractivity contribution is 5.33. The molecule has 2 aromatic carbocycles. The van der Waals surface area contributed by atoms with Crippen LogP contribution in [0.5, 0.6) is 11.5 Å². The maximum Gasteiger partial charge on any atom is 0.127 e. The fourth-order valence-corrected chi connectivity index (χ4v) is 2.88. The lowest BCUT2D eigenvalue weighted by Crippen LogP contribution is -2.23. The Morgan fingerprint density at radius 3 is 2.24 bits per heavy atom. The highest BCUT2D eigenvalue weighted by atomic mass is 16.5. The molecule has 1 saturated heterocycles. The molecule has 0 aliphatic carbocycles. The highest BCUT2D eigenvalue weighted by Crippen LogP contribution is 2.23. The second-order valence-electron chi connectivity index (χ2n) is 5.75. The molecule has 0 saturated carbocycles. The minimum atomic E-state index is 0.893. The molecule has 1 aliphatic rings. The van der Waals surface area contributed by atoms with Crippen molar-refractivity contribution in [3.8, 4) is 11.5 Å². The largest absolute Gasteiger partial charge is 0.457 e. The standard InChI is InChI=1S/C19H23NO/c1-2-7-14-20(13-6-1)16-17-9-8-12-19(15-17)21-18-10-4-3-5-11-18/h3-5,8-12,15H,1-2,6-7,13-14,16H2. The molecule has 0 amide bonds. The molecule has 0 N–H and O–H groups in total. The summed E-state index contributed by atoms with van der Waals surface area (Å²) in [5.41, 5.74) is 1.34. The molecular formula is C19H23NO. The van der Waals surface area contributed by atoms with E-state index in [1.54, 1.807) is 0 Å². The number of hydrogen-bond acceptors (Lipinski definition) is 2. The Morgan fingerprint density at radius 1 is 0.762 bits per heavy atom. The Morgan fingerprint density at radius 2 is 1.48 bits per heavy atom. The van der Waals surface area contributed by atoms with Crippen molar-refractivity contribution in [2.75, 3.05) is 13.1 Å². The van der Waals surface area contributed by atoms with E-state index in [4.69, 9.17) is 4.74 Å². The normalized spacial score (nSPS) is 16.4. The van der Waals surface area contributed by atoms with Crippen molar-refractivity contribution < 1.29 is 4.74 Å². The molecule has 3 rings (SSSR count). The molecule has 1 heterocycles. The molecule has 1 fully saturated rings. The molecule has 1 aliphatic heterocycles. The minimum absolute atomic E-state index is 0.893. The highest BCUT2D eigenvalue weighted by Gasteiger charge is 2.09. The minimum Gasteiger partial charge on any atom is -0.457 e. The predicted molar refractivity (Wildman–Crippen MR) is 86.7 cm³/mol. The van der Waals surface area contributed by atoms with Crippen LogP contribution in [0.3, 0.4) is 0 Å². The van der Waals surface area contributed by atoms with Crippen LogP contribution in [0.4, 0.5) is 0 Å². The summed E-state index contributed by atoms with van der Waals surface area (Å²) in [6, 6.07) is 18.4. The fourth-order valence-electron chi connectivity index (χ4n) is 2.88. The Hall–Kier alpha value is -1.80. The van der Waals surface area contributed by atoms with Crippen molar-refractivity contribution in [3.05, 3.63) is 60.2 Å². The predicted octanol–water partition coefficient (Wildman–Crippen LogP) is 4.85. The lowest BCUT2D eigenvalue weighted by molar-refractivity contribution is 0.276. The van der Waals surface area contributed by atoms with Crippen LogP contribution in [-0.4, -0.2) is 18.0 Å². The zero-order chi connectivity index (χ0) is 14.3. The molecule has 0 aromatic heterocycles. The second kappa shape index (κ2) is 7.28. The van der Waals surface area contributed by atoms with Crippen molar-refractivity contribution >= 4 is 0 Å². The van der Waals surface area contributed by atoms with Gasteiger partial charge in [-0.3, -0.25) is 4.90 Å². The fraction of sp³-hybridized carbons (Fsp3) is 0.368. The third-order valence-electron chi connectivity index (χ3n) is 3.98. The number of rotatable bonds is 4. The zero-order valence-electron chi connectivity index (χ0n) is 12.5. The van der Waals surface area contributed by atoms with Crippen molar-refractivity contribution in [3.63, 3.8) is 0 Å². The molecule has 2 aromatic rings. The third kappa shape index (κ3) is 4.33. The maximum absolute atomic E-state index is 5.91. The topological polar surface area (TPSA) is 12.5 Å². The summed E-state index contributed by atoms with van der Waals surface area (Å²) in [6.45, 7) is 3.49. The summed E-state index contributed by atoms with van der Waals surface area (Å²) in [5, 5.41) is 0. The molecule has 0 radical (unpaired) electrons. The first kappa shape index (κ1) is 14.2. The van der Waals surface area contributed by atoms with Gasteiger partial charge in [0, 0.05) is 6.54 Å². The van der Waals surface area contributed by atoms with Crippen LogP contribution >= 0.6 is 0 Å². The average Bonchev–Trinajstić information content (AvgIpc) is 2.77. The number of likely N-dealkylation sites (tertiary alicyclic amines) is 1. The van der Waals surface area contributed by atoms with Crippen LogP contribution in [0.15, 0.2) is 54.6 Å². The third-order valence-corrected chi connectivity index (χ3v) is 3.98. The molecule has 21 heavy (non-hydrogen) atoms. The second-order valence-corrected chi connectivity index (χ2v) is 5.75. The van der Waals surface area contributed by atoms with Crippen LogP contribution in [0, 0.1) is 0 Å². The maximum atomic E-state index is 5.91. The van der Waals surface area contributed by atoms with Gasteiger partial charge in [-0.15, -0.1) is 0 Å². The van der Waals surface area contributed by atoms with Crippen LogP contribution in [0.1, 0.15) is 31.2 Å². The van der Waals surface area contributed by atoms with Gasteiger partial charge in [0.1, 0.15) is 11.5 Å². The van der Waals surface area contributed by atoms with Gasteiger partial charge in [-0.05, 0) is 55.8 Å². The van der Waals surface area contributed by atoms with Gasteiger partial charge in [-0.25, -0.2) is 0 Å². The van der Waals surface area contributed by atoms with Gasteiger partial charge in [0.15, 0.2) is 0 Å². The Bertz CT molecular complexity index is 545. The van der Waals surface area contributed by atoms with E-state index in [9.17, 15) is 0 Å². The summed E-state index contributed by atoms with van der Waals surface area (Å²) >= 11 is 0. The smallest absolute Gasteiger partial charge is 0.127 e. The van der Waals surface area contributed by atoms with E-state index < -0.39 is 0 Å². The monoisotopic (exact) mass is 281 g/mol. The summed E-state index contributed by atoms with van der Waals surface area (Å²) in [6.07, 6.45) is 5.43. The van der Waals surface area contributed by atoms with Crippen LogP contribution in [-0.2, 0) is 6.54 Å². The number of hydrogen-bond donors (Lipinski definition) is 0. The number of ether oxygens (including phenoxy) is 1. The van der Waals surface area contributed by atoms with Gasteiger partial charge in [0.2, 0.25) is 0 Å². The Balaban J connectivity index is 1.65. The lowest BCUT2D eigenvalue weighted by Gasteiger charge is -2.20. The summed E-state index contributed by atoms with van der Waals surface area (Å²) < 4.78 is 5.91. The Kier molecular flexibility index (Phi) is 4.90. The molecule has 2 heteroatoms. The van der Waals surface area contributed by atoms with Crippen LogP contribution in [0.25, 0.3) is 0 Å². The van der Waals surface area contributed by atoms with Crippen LogP contribution < -0.4 is 4.74 Å². The number of benzene rings is 2. The summed E-state index contributed by atoms with van der Waals surface area (Å²) in [4.78, 5) is 2.56. The van der Waals surface area contributed by atoms with E-state index >= 15 is 0 Å². The van der Waals surface area contributed by atoms with Gasteiger partial charge in [-0.2, -0.15) is 0 Å². The molecule has 0 unspecified atom stereocenters.